The van der Waals surface area contributed by atoms with E-state index in [1.54, 1.807) is 0 Å². The van der Waals surface area contributed by atoms with Crippen molar-refractivity contribution in [1.29, 1.82) is 0 Å². The largest absolute Gasteiger partial charge is 0.397 e. The van der Waals surface area contributed by atoms with Gasteiger partial charge in [-0.25, -0.2) is 0 Å². The van der Waals surface area contributed by atoms with Gasteiger partial charge >= 0.3 is 0 Å². The highest BCUT2D eigenvalue weighted by molar-refractivity contribution is 7.21. The Morgan fingerprint density at radius 2 is 2.25 bits per heavy atom. The van der Waals surface area contributed by atoms with E-state index in [-0.39, 0.29) is 5.91 Å². The van der Waals surface area contributed by atoms with Gasteiger partial charge in [0.1, 0.15) is 4.88 Å². The van der Waals surface area contributed by atoms with Crippen LogP contribution in [0.5, 0.6) is 0 Å². The van der Waals surface area contributed by atoms with Gasteiger partial charge in [-0.1, -0.05) is 23.3 Å². The van der Waals surface area contributed by atoms with Gasteiger partial charge in [0.05, 0.1) is 5.69 Å². The van der Waals surface area contributed by atoms with E-state index < -0.39 is 0 Å². The molecule has 0 unspecified atom stereocenters. The number of carbonyl (C=O) groups excluding carboxylic acids is 1. The zero-order chi connectivity index (χ0) is 14.3. The fraction of sp³-hybridized carbons (Fsp3) is 0.267. The van der Waals surface area contributed by atoms with Crippen molar-refractivity contribution in [2.24, 2.45) is 0 Å². The molecule has 2 heterocycles. The van der Waals surface area contributed by atoms with Crippen LogP contribution < -0.4 is 5.73 Å². The van der Waals surface area contributed by atoms with Crippen LogP contribution in [0.25, 0.3) is 10.1 Å². The summed E-state index contributed by atoms with van der Waals surface area (Å²) in [5, 5.41) is 1.51. The molecule has 3 rings (SSSR count). The molecular formula is C15H15ClN2OS. The highest BCUT2D eigenvalue weighted by Crippen LogP contribution is 2.36. The number of hydrogen-bond donors (Lipinski definition) is 1. The van der Waals surface area contributed by atoms with Crippen molar-refractivity contribution in [2.45, 2.75) is 13.3 Å². The topological polar surface area (TPSA) is 46.3 Å². The van der Waals surface area contributed by atoms with Crippen LogP contribution in [-0.2, 0) is 0 Å². The summed E-state index contributed by atoms with van der Waals surface area (Å²) < 4.78 is 0.999. The first-order valence-corrected chi connectivity index (χ1v) is 7.68. The predicted octanol–water partition coefficient (Wildman–Crippen LogP) is 3.93. The third-order valence-electron chi connectivity index (χ3n) is 3.61. The Morgan fingerprint density at radius 1 is 1.45 bits per heavy atom. The molecule has 1 aliphatic rings. The lowest BCUT2D eigenvalue weighted by atomic mass is 10.1. The Balaban J connectivity index is 1.98. The number of halogens is 1. The second-order valence-corrected chi connectivity index (χ2v) is 6.53. The van der Waals surface area contributed by atoms with Crippen molar-refractivity contribution in [3.63, 3.8) is 0 Å². The monoisotopic (exact) mass is 306 g/mol. The standard InChI is InChI=1S/C15H15ClN2OS/c1-9-4-6-18(7-5-9)15(19)14-13(17)11-8-10(16)2-3-12(11)20-14/h2-4,8H,5-7,17H2,1H3. The van der Waals surface area contributed by atoms with Crippen molar-refractivity contribution in [3.05, 3.63) is 39.7 Å². The second kappa shape index (κ2) is 5.11. The van der Waals surface area contributed by atoms with E-state index >= 15 is 0 Å². The Hall–Kier alpha value is -1.52. The van der Waals surface area contributed by atoms with Crippen LogP contribution in [-0.4, -0.2) is 23.9 Å². The van der Waals surface area contributed by atoms with Crippen LogP contribution in [0, 0.1) is 0 Å². The number of hydrogen-bond acceptors (Lipinski definition) is 3. The average Bonchev–Trinajstić information content (AvgIpc) is 2.76. The maximum absolute atomic E-state index is 12.6. The minimum absolute atomic E-state index is 0.0172. The van der Waals surface area contributed by atoms with Crippen LogP contribution in [0.4, 0.5) is 5.69 Å². The van der Waals surface area contributed by atoms with Crippen molar-refractivity contribution in [2.75, 3.05) is 18.8 Å². The van der Waals surface area contributed by atoms with Crippen molar-refractivity contribution in [1.82, 2.24) is 4.90 Å². The molecule has 0 radical (unpaired) electrons. The van der Waals surface area contributed by atoms with Crippen LogP contribution in [0.2, 0.25) is 5.02 Å². The van der Waals surface area contributed by atoms with E-state index in [9.17, 15) is 4.79 Å². The smallest absolute Gasteiger partial charge is 0.266 e. The lowest BCUT2D eigenvalue weighted by molar-refractivity contribution is 0.0775. The highest BCUT2D eigenvalue weighted by atomic mass is 35.5. The number of rotatable bonds is 1. The number of fused-ring (bicyclic) bond motifs is 1. The van der Waals surface area contributed by atoms with Crippen molar-refractivity contribution < 1.29 is 4.79 Å². The fourth-order valence-corrected chi connectivity index (χ4v) is 3.59. The average molecular weight is 307 g/mol. The number of amides is 1. The molecule has 5 heteroatoms. The first-order chi connectivity index (χ1) is 9.56. The van der Waals surface area contributed by atoms with Gasteiger partial charge in [-0.2, -0.15) is 0 Å². The van der Waals surface area contributed by atoms with Crippen molar-refractivity contribution >= 4 is 44.6 Å². The molecule has 1 aromatic carbocycles. The first kappa shape index (κ1) is 13.5. The summed E-state index contributed by atoms with van der Waals surface area (Å²) in [7, 11) is 0. The maximum atomic E-state index is 12.6. The van der Waals surface area contributed by atoms with E-state index in [2.05, 4.69) is 13.0 Å². The number of anilines is 1. The molecule has 1 aliphatic heterocycles. The van der Waals surface area contributed by atoms with Gasteiger partial charge in [0.25, 0.3) is 5.91 Å². The Morgan fingerprint density at radius 3 is 2.95 bits per heavy atom. The van der Waals surface area contributed by atoms with E-state index in [0.29, 0.717) is 22.1 Å². The predicted molar refractivity (Wildman–Crippen MR) is 85.5 cm³/mol. The summed E-state index contributed by atoms with van der Waals surface area (Å²) in [6, 6.07) is 5.55. The summed E-state index contributed by atoms with van der Waals surface area (Å²) >= 11 is 7.43. The van der Waals surface area contributed by atoms with Crippen molar-refractivity contribution in [3.8, 4) is 0 Å². The molecule has 1 aromatic heterocycles. The van der Waals surface area contributed by atoms with E-state index in [1.165, 1.54) is 16.9 Å². The zero-order valence-electron chi connectivity index (χ0n) is 11.1. The van der Waals surface area contributed by atoms with Gasteiger partial charge in [-0.05, 0) is 31.5 Å². The van der Waals surface area contributed by atoms with Gasteiger partial charge in [-0.3, -0.25) is 4.79 Å². The molecule has 0 bridgehead atoms. The van der Waals surface area contributed by atoms with Crippen LogP contribution in [0.3, 0.4) is 0 Å². The lowest BCUT2D eigenvalue weighted by Crippen LogP contribution is -2.34. The molecule has 0 fully saturated rings. The number of thiophene rings is 1. The SMILES string of the molecule is CC1=CCN(C(=O)c2sc3ccc(Cl)cc3c2N)CC1. The molecule has 0 atom stereocenters. The maximum Gasteiger partial charge on any atom is 0.266 e. The molecule has 0 aliphatic carbocycles. The molecule has 0 saturated carbocycles. The number of benzene rings is 1. The highest BCUT2D eigenvalue weighted by Gasteiger charge is 2.23. The van der Waals surface area contributed by atoms with Gasteiger partial charge in [0.15, 0.2) is 0 Å². The van der Waals surface area contributed by atoms with Gasteiger partial charge in [0.2, 0.25) is 0 Å². The van der Waals surface area contributed by atoms with Crippen LogP contribution in [0.15, 0.2) is 29.8 Å². The normalized spacial score (nSPS) is 15.5. The number of carbonyl (C=O) groups is 1. The second-order valence-electron chi connectivity index (χ2n) is 5.04. The summed E-state index contributed by atoms with van der Waals surface area (Å²) in [4.78, 5) is 15.0. The molecular weight excluding hydrogens is 292 g/mol. The number of nitrogens with zero attached hydrogens (tertiary/aromatic N) is 1. The van der Waals surface area contributed by atoms with Crippen LogP contribution in [0.1, 0.15) is 23.0 Å². The molecule has 0 saturated heterocycles. The molecule has 2 N–H and O–H groups in total. The van der Waals surface area contributed by atoms with E-state index in [4.69, 9.17) is 17.3 Å². The lowest BCUT2D eigenvalue weighted by Gasteiger charge is -2.25. The number of nitrogen functional groups attached to an aromatic ring is 1. The molecule has 2 aromatic rings. The third kappa shape index (κ3) is 2.30. The Bertz CT molecular complexity index is 720. The molecule has 20 heavy (non-hydrogen) atoms. The zero-order valence-corrected chi connectivity index (χ0v) is 12.7. The minimum Gasteiger partial charge on any atom is -0.397 e. The quantitative estimate of drug-likeness (QED) is 0.811. The fourth-order valence-electron chi connectivity index (χ4n) is 2.35. The summed E-state index contributed by atoms with van der Waals surface area (Å²) in [6.45, 7) is 3.52. The van der Waals surface area contributed by atoms with Crippen LogP contribution >= 0.6 is 22.9 Å². The minimum atomic E-state index is 0.0172. The summed E-state index contributed by atoms with van der Waals surface area (Å²) in [6.07, 6.45) is 3.03. The Labute approximate surface area is 126 Å². The first-order valence-electron chi connectivity index (χ1n) is 6.48. The van der Waals surface area contributed by atoms with Gasteiger partial charge < -0.3 is 10.6 Å². The molecule has 3 nitrogen and oxygen atoms in total. The molecule has 1 amide bonds. The van der Waals surface area contributed by atoms with E-state index in [0.717, 1.165) is 23.1 Å². The summed E-state index contributed by atoms with van der Waals surface area (Å²) in [5.74, 6) is 0.0172. The van der Waals surface area contributed by atoms with Gasteiger partial charge in [0, 0.05) is 28.2 Å². The third-order valence-corrected chi connectivity index (χ3v) is 5.02. The van der Waals surface area contributed by atoms with E-state index in [1.807, 2.05) is 23.1 Å². The van der Waals surface area contributed by atoms with Gasteiger partial charge in [-0.15, -0.1) is 11.3 Å². The summed E-state index contributed by atoms with van der Waals surface area (Å²) in [5.41, 5.74) is 8.01. The number of nitrogens with two attached hydrogens (primary N) is 1. The molecule has 0 spiro atoms. The Kier molecular flexibility index (Phi) is 3.44. The molecule has 104 valence electrons.